The van der Waals surface area contributed by atoms with Gasteiger partial charge in [-0.05, 0) is 83.4 Å². The molecule has 2 heterocycles. The zero-order valence-electron chi connectivity index (χ0n) is 26.6. The van der Waals surface area contributed by atoms with Crippen LogP contribution in [-0.4, -0.2) is 78.0 Å². The van der Waals surface area contributed by atoms with Crippen molar-refractivity contribution in [1.82, 2.24) is 9.80 Å². The van der Waals surface area contributed by atoms with E-state index in [2.05, 4.69) is 0 Å². The lowest BCUT2D eigenvalue weighted by Gasteiger charge is -2.29. The van der Waals surface area contributed by atoms with Gasteiger partial charge < -0.3 is 23.7 Å². The number of esters is 1. The minimum atomic E-state index is -4.79. The first-order chi connectivity index (χ1) is 22.8. The Morgan fingerprint density at radius 3 is 1.69 bits per heavy atom. The first kappa shape index (κ1) is 35.2. The number of hydrogen-bond donors (Lipinski definition) is 0. The molecule has 2 aliphatic heterocycles. The monoisotopic (exact) mass is 678 g/mol. The van der Waals surface area contributed by atoms with Crippen LogP contribution in [0.4, 0.5) is 13.2 Å². The van der Waals surface area contributed by atoms with E-state index in [-0.39, 0.29) is 43.4 Å². The van der Waals surface area contributed by atoms with Crippen LogP contribution in [0.1, 0.15) is 70.8 Å². The Kier molecular flexibility index (Phi) is 11.0. The highest BCUT2D eigenvalue weighted by Crippen LogP contribution is 2.39. The molecule has 0 aromatic heterocycles. The van der Waals surface area contributed by atoms with Crippen LogP contribution < -0.4 is 9.47 Å². The van der Waals surface area contributed by atoms with Crippen LogP contribution in [0.25, 0.3) is 0 Å². The van der Waals surface area contributed by atoms with E-state index in [1.165, 1.54) is 18.2 Å². The van der Waals surface area contributed by atoms with Crippen LogP contribution in [0.5, 0.6) is 11.5 Å². The molecule has 5 rings (SSSR count). The van der Waals surface area contributed by atoms with E-state index in [4.69, 9.17) is 23.7 Å². The summed E-state index contributed by atoms with van der Waals surface area (Å²) in [5.74, 6) is -3.59. The summed E-state index contributed by atoms with van der Waals surface area (Å²) in [5.41, 5.74) is -0.424. The van der Waals surface area contributed by atoms with E-state index in [9.17, 15) is 37.1 Å². The molecular formula is C33H37F3N2O10. The quantitative estimate of drug-likeness (QED) is 0.135. The Morgan fingerprint density at radius 2 is 1.23 bits per heavy atom. The van der Waals surface area contributed by atoms with Crippen molar-refractivity contribution in [3.8, 4) is 11.5 Å². The standard InChI is InChI=1S/C33H37F3N2O10/c1-19-13-28(39)37(30(19)41)16-44-22-5-3-21(4-6-22)32(43)48-25-11-12-27(26(15-25)33(34,35)36)47-18-46-24-9-7-23(8-10-24)45-17-38-29(40)14-20(2)31(38)42/h11-15,21-24H,3-10,16-18H2,1-2H3. The third-order valence-electron chi connectivity index (χ3n) is 8.88. The smallest absolute Gasteiger partial charge is 0.420 e. The molecule has 15 heteroatoms. The fourth-order valence-corrected chi connectivity index (χ4v) is 6.02. The van der Waals surface area contributed by atoms with Crippen molar-refractivity contribution < 1.29 is 60.8 Å². The molecule has 0 bridgehead atoms. The maximum absolute atomic E-state index is 13.9. The predicted molar refractivity (Wildman–Crippen MR) is 159 cm³/mol. The molecular weight excluding hydrogens is 641 g/mol. The molecule has 0 saturated heterocycles. The van der Waals surface area contributed by atoms with Gasteiger partial charge in [-0.15, -0.1) is 0 Å². The van der Waals surface area contributed by atoms with Gasteiger partial charge in [-0.1, -0.05) is 0 Å². The minimum Gasteiger partial charge on any atom is -0.467 e. The van der Waals surface area contributed by atoms with E-state index in [0.29, 0.717) is 62.5 Å². The number of imide groups is 2. The lowest BCUT2D eigenvalue weighted by atomic mass is 9.87. The zero-order chi connectivity index (χ0) is 34.6. The number of halogens is 3. The number of nitrogens with zero attached hydrogens (tertiary/aromatic N) is 2. The van der Waals surface area contributed by atoms with Gasteiger partial charge in [-0.2, -0.15) is 13.2 Å². The third-order valence-corrected chi connectivity index (χ3v) is 8.88. The molecule has 0 spiro atoms. The molecule has 48 heavy (non-hydrogen) atoms. The van der Waals surface area contributed by atoms with Gasteiger partial charge in [-0.3, -0.25) is 33.8 Å². The normalized spacial score (nSPS) is 25.0. The largest absolute Gasteiger partial charge is 0.467 e. The van der Waals surface area contributed by atoms with Gasteiger partial charge in [0, 0.05) is 23.3 Å². The second-order valence-corrected chi connectivity index (χ2v) is 12.3. The van der Waals surface area contributed by atoms with Crippen LogP contribution >= 0.6 is 0 Å². The highest BCUT2D eigenvalue weighted by Gasteiger charge is 2.37. The number of hydrogen-bond acceptors (Lipinski definition) is 10. The molecule has 260 valence electrons. The second kappa shape index (κ2) is 15.0. The molecule has 2 fully saturated rings. The predicted octanol–water partition coefficient (Wildman–Crippen LogP) is 4.41. The van der Waals surface area contributed by atoms with Gasteiger partial charge >= 0.3 is 12.1 Å². The zero-order valence-corrected chi connectivity index (χ0v) is 26.6. The van der Waals surface area contributed by atoms with Gasteiger partial charge in [0.1, 0.15) is 30.5 Å². The number of rotatable bonds is 12. The van der Waals surface area contributed by atoms with E-state index in [1.54, 1.807) is 13.8 Å². The lowest BCUT2D eigenvalue weighted by Crippen LogP contribution is -2.36. The Hall–Kier alpha value is -4.08. The van der Waals surface area contributed by atoms with Crippen LogP contribution in [-0.2, 0) is 44.4 Å². The molecule has 2 saturated carbocycles. The first-order valence-corrected chi connectivity index (χ1v) is 15.8. The molecule has 2 aliphatic carbocycles. The molecule has 0 unspecified atom stereocenters. The SMILES string of the molecule is CC1=CC(=O)N(COC2CCC(OCOc3ccc(OC(=O)C4CCC(OCN5C(=O)C=C(C)C5=O)CC4)cc3C(F)(F)F)CC2)C1=O. The van der Waals surface area contributed by atoms with Gasteiger partial charge in [0.05, 0.1) is 24.2 Å². The van der Waals surface area contributed by atoms with Crippen molar-refractivity contribution in [3.63, 3.8) is 0 Å². The first-order valence-electron chi connectivity index (χ1n) is 15.8. The summed E-state index contributed by atoms with van der Waals surface area (Å²) >= 11 is 0. The summed E-state index contributed by atoms with van der Waals surface area (Å²) < 4.78 is 69.5. The number of carbonyl (C=O) groups excluding carboxylic acids is 5. The van der Waals surface area contributed by atoms with Crippen LogP contribution in [0.3, 0.4) is 0 Å². The molecule has 4 amide bonds. The Bertz CT molecular complexity index is 1490. The number of carbonyl (C=O) groups is 5. The average Bonchev–Trinajstić information content (AvgIpc) is 3.44. The Morgan fingerprint density at radius 1 is 0.750 bits per heavy atom. The van der Waals surface area contributed by atoms with Crippen LogP contribution in [0.15, 0.2) is 41.5 Å². The topological polar surface area (TPSA) is 138 Å². The Balaban J connectivity index is 1.04. The fourth-order valence-electron chi connectivity index (χ4n) is 6.02. The summed E-state index contributed by atoms with van der Waals surface area (Å²) in [6, 6.07) is 3.03. The number of benzene rings is 1. The van der Waals surface area contributed by atoms with Crippen molar-refractivity contribution in [2.45, 2.75) is 89.7 Å². The molecule has 12 nitrogen and oxygen atoms in total. The summed E-state index contributed by atoms with van der Waals surface area (Å²) in [6.07, 6.45) is 0.879. The van der Waals surface area contributed by atoms with E-state index < -0.39 is 53.9 Å². The molecule has 1 aromatic rings. The van der Waals surface area contributed by atoms with Crippen molar-refractivity contribution >= 4 is 29.6 Å². The summed E-state index contributed by atoms with van der Waals surface area (Å²) in [4.78, 5) is 62.5. The van der Waals surface area contributed by atoms with E-state index in [1.807, 2.05) is 0 Å². The third kappa shape index (κ3) is 8.49. The summed E-state index contributed by atoms with van der Waals surface area (Å²) in [7, 11) is 0. The van der Waals surface area contributed by atoms with Gasteiger partial charge in [-0.25, -0.2) is 0 Å². The van der Waals surface area contributed by atoms with Crippen molar-refractivity contribution in [1.29, 1.82) is 0 Å². The number of alkyl halides is 3. The maximum atomic E-state index is 13.9. The van der Waals surface area contributed by atoms with E-state index in [0.717, 1.165) is 21.9 Å². The molecule has 0 atom stereocenters. The molecule has 4 aliphatic rings. The fraction of sp³-hybridized carbons (Fsp3) is 0.545. The Labute approximate surface area is 274 Å². The lowest BCUT2D eigenvalue weighted by molar-refractivity contribution is -0.149. The number of amides is 4. The molecule has 0 radical (unpaired) electrons. The second-order valence-electron chi connectivity index (χ2n) is 12.3. The maximum Gasteiger partial charge on any atom is 0.420 e. The summed E-state index contributed by atoms with van der Waals surface area (Å²) in [6.45, 7) is 2.35. The van der Waals surface area contributed by atoms with Crippen LogP contribution in [0, 0.1) is 5.92 Å². The van der Waals surface area contributed by atoms with Crippen LogP contribution in [0.2, 0.25) is 0 Å². The van der Waals surface area contributed by atoms with Gasteiger partial charge in [0.25, 0.3) is 23.6 Å². The van der Waals surface area contributed by atoms with Crippen molar-refractivity contribution in [3.05, 3.63) is 47.1 Å². The molecule has 1 aromatic carbocycles. The van der Waals surface area contributed by atoms with E-state index >= 15 is 0 Å². The number of ether oxygens (including phenoxy) is 5. The average molecular weight is 679 g/mol. The molecule has 0 N–H and O–H groups in total. The minimum absolute atomic E-state index is 0.141. The summed E-state index contributed by atoms with van der Waals surface area (Å²) in [5, 5.41) is 0. The highest BCUT2D eigenvalue weighted by atomic mass is 19.4. The van der Waals surface area contributed by atoms with Crippen molar-refractivity contribution in [2.75, 3.05) is 20.3 Å². The highest BCUT2D eigenvalue weighted by molar-refractivity contribution is 6.16. The van der Waals surface area contributed by atoms with Gasteiger partial charge in [0.15, 0.2) is 6.79 Å². The van der Waals surface area contributed by atoms with Crippen molar-refractivity contribution in [2.24, 2.45) is 5.92 Å². The van der Waals surface area contributed by atoms with Gasteiger partial charge in [0.2, 0.25) is 0 Å².